The monoisotopic (exact) mass is 437 g/mol. The second kappa shape index (κ2) is 5.85. The van der Waals surface area contributed by atoms with Crippen molar-refractivity contribution in [1.29, 1.82) is 5.26 Å². The highest BCUT2D eigenvalue weighted by atomic mass is 127. The number of carbonyl (C=O) groups is 1. The lowest BCUT2D eigenvalue weighted by Gasteiger charge is -2.19. The van der Waals surface area contributed by atoms with Gasteiger partial charge in [0.25, 0.3) is 5.91 Å². The molecular weight excluding hydrogens is 430 g/mol. The summed E-state index contributed by atoms with van der Waals surface area (Å²) in [5.41, 5.74) is -1.58. The summed E-state index contributed by atoms with van der Waals surface area (Å²) in [6.45, 7) is 3.59. The molecule has 114 valence electrons. The fourth-order valence-electron chi connectivity index (χ4n) is 1.92. The van der Waals surface area contributed by atoms with E-state index in [9.17, 15) is 18.0 Å². The molecule has 0 radical (unpaired) electrons. The second-order valence-corrected chi connectivity index (χ2v) is 5.30. The average Bonchev–Trinajstić information content (AvgIpc) is 2.67. The molecule has 1 heterocycles. The number of halogens is 4. The first kappa shape index (κ1) is 16.7. The number of anilines is 1. The number of alkyl halides is 4. The molecule has 1 aromatic rings. The van der Waals surface area contributed by atoms with Crippen molar-refractivity contribution < 1.29 is 18.0 Å². The van der Waals surface area contributed by atoms with Crippen LogP contribution in [0.25, 0.3) is 0 Å². The highest BCUT2D eigenvalue weighted by Crippen LogP contribution is 2.36. The third-order valence-corrected chi connectivity index (χ3v) is 4.09. The Balaban J connectivity index is 2.55. The Kier molecular flexibility index (Phi) is 4.44. The van der Waals surface area contributed by atoms with Crippen LogP contribution in [0.4, 0.5) is 18.9 Å². The molecule has 0 aliphatic carbocycles. The standard InChI is InChI=1S/C13H7F3IN3OS/c1-7-11(21)20(12(22)19(7)6-17)9-3-2-8(5-18)10(4-9)13(14,15)16/h2-4H,1,6H2. The summed E-state index contributed by atoms with van der Waals surface area (Å²) in [6, 6.07) is 4.50. The maximum atomic E-state index is 13.0. The van der Waals surface area contributed by atoms with Gasteiger partial charge in [-0.2, -0.15) is 18.4 Å². The van der Waals surface area contributed by atoms with Gasteiger partial charge in [0, 0.05) is 0 Å². The third-order valence-electron chi connectivity index (χ3n) is 3.00. The topological polar surface area (TPSA) is 47.3 Å². The number of hydrogen-bond acceptors (Lipinski definition) is 3. The number of amides is 1. The molecule has 0 spiro atoms. The largest absolute Gasteiger partial charge is 0.417 e. The normalized spacial score (nSPS) is 15.5. The Labute approximate surface area is 142 Å². The van der Waals surface area contributed by atoms with Crippen LogP contribution in [-0.4, -0.2) is 20.5 Å². The lowest BCUT2D eigenvalue weighted by atomic mass is 10.1. The van der Waals surface area contributed by atoms with Gasteiger partial charge in [0.15, 0.2) is 5.11 Å². The predicted molar refractivity (Wildman–Crippen MR) is 86.1 cm³/mol. The van der Waals surface area contributed by atoms with Crippen LogP contribution in [-0.2, 0) is 11.0 Å². The second-order valence-electron chi connectivity index (χ2n) is 4.26. The fourth-order valence-corrected chi connectivity index (χ4v) is 3.25. The molecule has 0 bridgehead atoms. The van der Waals surface area contributed by atoms with Crippen molar-refractivity contribution in [2.45, 2.75) is 6.18 Å². The minimum absolute atomic E-state index is 0.0465. The van der Waals surface area contributed by atoms with E-state index in [0.29, 0.717) is 4.55 Å². The smallest absolute Gasteiger partial charge is 0.304 e. The summed E-state index contributed by atoms with van der Waals surface area (Å²) < 4.78 is 39.3. The van der Waals surface area contributed by atoms with Crippen LogP contribution in [0, 0.1) is 11.3 Å². The summed E-state index contributed by atoms with van der Waals surface area (Å²) >= 11 is 7.08. The first-order valence-electron chi connectivity index (χ1n) is 5.74. The molecule has 1 aliphatic heterocycles. The lowest BCUT2D eigenvalue weighted by molar-refractivity contribution is -0.137. The van der Waals surface area contributed by atoms with Gasteiger partial charge in [-0.25, -0.2) is 0 Å². The number of nitrogens with zero attached hydrogens (tertiary/aromatic N) is 3. The summed E-state index contributed by atoms with van der Waals surface area (Å²) in [6.07, 6.45) is -4.70. The van der Waals surface area contributed by atoms with Crippen LogP contribution >= 0.6 is 34.8 Å². The van der Waals surface area contributed by atoms with Crippen molar-refractivity contribution in [3.05, 3.63) is 41.6 Å². The van der Waals surface area contributed by atoms with Crippen LogP contribution < -0.4 is 4.90 Å². The molecule has 22 heavy (non-hydrogen) atoms. The van der Waals surface area contributed by atoms with Crippen molar-refractivity contribution in [1.82, 2.24) is 4.90 Å². The van der Waals surface area contributed by atoms with E-state index in [1.807, 2.05) is 22.6 Å². The van der Waals surface area contributed by atoms with Crippen molar-refractivity contribution >= 4 is 51.5 Å². The highest BCUT2D eigenvalue weighted by Gasteiger charge is 2.39. The average molecular weight is 437 g/mol. The van der Waals surface area contributed by atoms with Crippen LogP contribution in [0.5, 0.6) is 0 Å². The molecule has 0 saturated carbocycles. The van der Waals surface area contributed by atoms with E-state index in [0.717, 1.165) is 17.0 Å². The summed E-state index contributed by atoms with van der Waals surface area (Å²) in [5.74, 6) is -0.584. The summed E-state index contributed by atoms with van der Waals surface area (Å²) in [7, 11) is 0. The number of thiocarbonyl (C=S) groups is 1. The molecule has 1 fully saturated rings. The van der Waals surface area contributed by atoms with E-state index < -0.39 is 23.2 Å². The fraction of sp³-hybridized carbons (Fsp3) is 0.154. The van der Waals surface area contributed by atoms with E-state index in [4.69, 9.17) is 17.5 Å². The molecule has 0 unspecified atom stereocenters. The lowest BCUT2D eigenvalue weighted by Crippen LogP contribution is -2.32. The maximum absolute atomic E-state index is 13.0. The molecule has 2 rings (SSSR count). The Morgan fingerprint density at radius 1 is 1.41 bits per heavy atom. The van der Waals surface area contributed by atoms with Gasteiger partial charge in [0.1, 0.15) is 5.70 Å². The first-order valence-corrected chi connectivity index (χ1v) is 7.68. The number of carbonyl (C=O) groups excluding carboxylic acids is 1. The molecular formula is C13H7F3IN3OS. The molecule has 0 atom stereocenters. The van der Waals surface area contributed by atoms with Gasteiger partial charge >= 0.3 is 6.18 Å². The van der Waals surface area contributed by atoms with E-state index in [-0.39, 0.29) is 16.5 Å². The number of hydrogen-bond donors (Lipinski definition) is 0. The van der Waals surface area contributed by atoms with E-state index in [2.05, 4.69) is 6.58 Å². The molecule has 1 amide bonds. The molecule has 1 saturated heterocycles. The van der Waals surface area contributed by atoms with Crippen LogP contribution in [0.3, 0.4) is 0 Å². The van der Waals surface area contributed by atoms with Gasteiger partial charge in [-0.3, -0.25) is 9.69 Å². The SMILES string of the molecule is C=C1C(=O)N(c2ccc(C#N)c(C(F)(F)F)c2)C(=S)N1CI. The van der Waals surface area contributed by atoms with Crippen LogP contribution in [0.15, 0.2) is 30.5 Å². The van der Waals surface area contributed by atoms with Crippen molar-refractivity contribution in [2.24, 2.45) is 0 Å². The quantitative estimate of drug-likeness (QED) is 0.234. The number of nitriles is 1. The minimum atomic E-state index is -4.70. The maximum Gasteiger partial charge on any atom is 0.417 e. The van der Waals surface area contributed by atoms with Crippen LogP contribution in [0.1, 0.15) is 11.1 Å². The number of benzene rings is 1. The molecule has 0 aromatic heterocycles. The Morgan fingerprint density at radius 3 is 2.50 bits per heavy atom. The van der Waals surface area contributed by atoms with Crippen molar-refractivity contribution in [3.63, 3.8) is 0 Å². The van der Waals surface area contributed by atoms with E-state index >= 15 is 0 Å². The zero-order valence-electron chi connectivity index (χ0n) is 10.8. The Morgan fingerprint density at radius 2 is 2.05 bits per heavy atom. The Hall–Kier alpha value is -1.67. The summed E-state index contributed by atoms with van der Waals surface area (Å²) in [5, 5.41) is 8.84. The number of rotatable bonds is 2. The van der Waals surface area contributed by atoms with Gasteiger partial charge in [0.2, 0.25) is 0 Å². The third kappa shape index (κ3) is 2.68. The molecule has 9 heteroatoms. The molecule has 1 aromatic carbocycles. The van der Waals surface area contributed by atoms with E-state index in [1.54, 1.807) is 0 Å². The molecule has 1 aliphatic rings. The first-order chi connectivity index (χ1) is 10.2. The van der Waals surface area contributed by atoms with Crippen LogP contribution in [0.2, 0.25) is 0 Å². The van der Waals surface area contributed by atoms with Gasteiger partial charge in [-0.15, -0.1) is 0 Å². The van der Waals surface area contributed by atoms with Gasteiger partial charge in [-0.05, 0) is 30.4 Å². The zero-order chi connectivity index (χ0) is 16.7. The van der Waals surface area contributed by atoms with Crippen molar-refractivity contribution in [3.8, 4) is 6.07 Å². The zero-order valence-corrected chi connectivity index (χ0v) is 13.8. The molecule has 0 N–H and O–H groups in total. The minimum Gasteiger partial charge on any atom is -0.304 e. The molecule has 4 nitrogen and oxygen atoms in total. The predicted octanol–water partition coefficient (Wildman–Crippen LogP) is 3.42. The van der Waals surface area contributed by atoms with E-state index in [1.165, 1.54) is 17.0 Å². The Bertz CT molecular complexity index is 726. The van der Waals surface area contributed by atoms with Gasteiger partial charge < -0.3 is 4.90 Å². The highest BCUT2D eigenvalue weighted by molar-refractivity contribution is 14.1. The van der Waals surface area contributed by atoms with Gasteiger partial charge in [0.05, 0.1) is 27.4 Å². The van der Waals surface area contributed by atoms with Crippen molar-refractivity contribution in [2.75, 3.05) is 9.45 Å². The van der Waals surface area contributed by atoms with Gasteiger partial charge in [-0.1, -0.05) is 29.2 Å². The summed E-state index contributed by atoms with van der Waals surface area (Å²) in [4.78, 5) is 14.5.